The van der Waals surface area contributed by atoms with Crippen LogP contribution >= 0.6 is 12.4 Å². The van der Waals surface area contributed by atoms with E-state index in [1.54, 1.807) is 12.1 Å². The Hall–Kier alpha value is -2.37. The largest absolute Gasteiger partial charge is 0.357 e. The fourth-order valence-corrected chi connectivity index (χ4v) is 3.87. The van der Waals surface area contributed by atoms with Crippen molar-refractivity contribution in [3.05, 3.63) is 75.5 Å². The maximum Gasteiger partial charge on any atom is 0.270 e. The van der Waals surface area contributed by atoms with Gasteiger partial charge in [-0.3, -0.25) is 10.1 Å². The molecule has 0 saturated carbocycles. The summed E-state index contributed by atoms with van der Waals surface area (Å²) in [5.41, 5.74) is 4.81. The number of fused-ring (bicyclic) bond motifs is 3. The summed E-state index contributed by atoms with van der Waals surface area (Å²) in [5.74, 6) is 0. The average molecular weight is 372 g/mol. The number of aromatic amines is 1. The molecule has 1 heterocycles. The van der Waals surface area contributed by atoms with Crippen LogP contribution in [0.2, 0.25) is 0 Å². The van der Waals surface area contributed by atoms with Crippen LogP contribution in [-0.4, -0.2) is 9.91 Å². The van der Waals surface area contributed by atoms with Gasteiger partial charge in [0.1, 0.15) is 0 Å². The zero-order valence-electron chi connectivity index (χ0n) is 14.6. The van der Waals surface area contributed by atoms with Gasteiger partial charge in [-0.15, -0.1) is 12.4 Å². The molecule has 26 heavy (non-hydrogen) atoms. The molecule has 1 unspecified atom stereocenters. The molecule has 5 nitrogen and oxygen atoms in total. The van der Waals surface area contributed by atoms with E-state index in [-0.39, 0.29) is 35.1 Å². The van der Waals surface area contributed by atoms with Crippen LogP contribution in [-0.2, 0) is 6.42 Å². The van der Waals surface area contributed by atoms with Gasteiger partial charge in [-0.05, 0) is 43.4 Å². The molecule has 6 heteroatoms. The molecule has 0 radical (unpaired) electrons. The smallest absolute Gasteiger partial charge is 0.270 e. The molecule has 4 rings (SSSR count). The molecule has 0 saturated heterocycles. The van der Waals surface area contributed by atoms with Crippen LogP contribution in [0.5, 0.6) is 0 Å². The lowest BCUT2D eigenvalue weighted by Crippen LogP contribution is -2.27. The quantitative estimate of drug-likeness (QED) is 0.487. The van der Waals surface area contributed by atoms with Crippen molar-refractivity contribution in [1.82, 2.24) is 10.3 Å². The van der Waals surface area contributed by atoms with E-state index < -0.39 is 0 Å². The monoisotopic (exact) mass is 371 g/mol. The molecule has 0 amide bonds. The fraction of sp³-hybridized carbons (Fsp3) is 0.300. The standard InChI is InChI=1S/C20H21N3O2.ClH/c1-13(14-6-3-2-4-7-14)21-19-9-5-8-16-17-12-15(23(24)25)10-11-18(17)22-20(16)19;/h2-4,6-7,10-13,19,21-22H,5,8-9H2,1H3;1H/t13-,19?;/m1./s1. The second-order valence-corrected chi connectivity index (χ2v) is 6.75. The molecule has 1 aliphatic carbocycles. The number of nitro benzene ring substituents is 1. The van der Waals surface area contributed by atoms with E-state index in [1.807, 2.05) is 12.1 Å². The first-order valence-electron chi connectivity index (χ1n) is 8.73. The molecule has 2 aromatic carbocycles. The van der Waals surface area contributed by atoms with Crippen molar-refractivity contribution in [3.8, 4) is 0 Å². The molecule has 1 aliphatic rings. The Balaban J connectivity index is 0.00000196. The van der Waals surface area contributed by atoms with Gasteiger partial charge in [-0.1, -0.05) is 30.3 Å². The maximum atomic E-state index is 11.1. The molecule has 0 fully saturated rings. The van der Waals surface area contributed by atoms with E-state index in [4.69, 9.17) is 0 Å². The molecular formula is C20H22ClN3O2. The third-order valence-corrected chi connectivity index (χ3v) is 5.15. The van der Waals surface area contributed by atoms with E-state index in [2.05, 4.69) is 41.5 Å². The van der Waals surface area contributed by atoms with E-state index >= 15 is 0 Å². The van der Waals surface area contributed by atoms with Crippen molar-refractivity contribution in [2.75, 3.05) is 0 Å². The van der Waals surface area contributed by atoms with Crippen molar-refractivity contribution in [1.29, 1.82) is 0 Å². The lowest BCUT2D eigenvalue weighted by Gasteiger charge is -2.27. The number of H-pyrrole nitrogens is 1. The number of nitro groups is 1. The molecule has 0 bridgehead atoms. The Morgan fingerprint density at radius 2 is 2.00 bits per heavy atom. The van der Waals surface area contributed by atoms with Gasteiger partial charge in [0.25, 0.3) is 5.69 Å². The van der Waals surface area contributed by atoms with Crippen molar-refractivity contribution in [3.63, 3.8) is 0 Å². The van der Waals surface area contributed by atoms with Crippen molar-refractivity contribution in [2.24, 2.45) is 0 Å². The number of halogens is 1. The Morgan fingerprint density at radius 3 is 2.73 bits per heavy atom. The summed E-state index contributed by atoms with van der Waals surface area (Å²) in [6, 6.07) is 16.0. The number of nitrogens with one attached hydrogen (secondary N) is 2. The van der Waals surface area contributed by atoms with Crippen LogP contribution in [0.25, 0.3) is 10.9 Å². The summed E-state index contributed by atoms with van der Waals surface area (Å²) in [7, 11) is 0. The van der Waals surface area contributed by atoms with Crippen LogP contribution < -0.4 is 5.32 Å². The molecule has 3 aromatic rings. The third kappa shape index (κ3) is 3.32. The summed E-state index contributed by atoms with van der Waals surface area (Å²) in [5, 5.41) is 15.8. The molecule has 1 aromatic heterocycles. The van der Waals surface area contributed by atoms with Gasteiger partial charge in [0.05, 0.1) is 4.92 Å². The van der Waals surface area contributed by atoms with Crippen molar-refractivity contribution < 1.29 is 4.92 Å². The number of aryl methyl sites for hydroxylation is 1. The van der Waals surface area contributed by atoms with Gasteiger partial charge in [0.2, 0.25) is 0 Å². The minimum absolute atomic E-state index is 0. The van der Waals surface area contributed by atoms with Gasteiger partial charge in [0.15, 0.2) is 0 Å². The first-order chi connectivity index (χ1) is 12.1. The molecule has 0 aliphatic heterocycles. The highest BCUT2D eigenvalue weighted by Gasteiger charge is 2.26. The lowest BCUT2D eigenvalue weighted by atomic mass is 9.91. The van der Waals surface area contributed by atoms with Crippen LogP contribution in [0.1, 0.15) is 48.7 Å². The first kappa shape index (κ1) is 18.4. The number of nitrogens with zero attached hydrogens (tertiary/aromatic N) is 1. The van der Waals surface area contributed by atoms with Crippen LogP contribution in [0.4, 0.5) is 5.69 Å². The molecule has 0 spiro atoms. The number of hydrogen-bond acceptors (Lipinski definition) is 3. The summed E-state index contributed by atoms with van der Waals surface area (Å²) in [4.78, 5) is 14.3. The lowest BCUT2D eigenvalue weighted by molar-refractivity contribution is -0.384. The SMILES string of the molecule is C[C@@H](NC1CCCc2c1[nH]c1ccc([N+](=O)[O-])cc21)c1ccccc1.Cl. The fourth-order valence-electron chi connectivity index (χ4n) is 3.87. The highest BCUT2D eigenvalue weighted by atomic mass is 35.5. The second-order valence-electron chi connectivity index (χ2n) is 6.75. The zero-order chi connectivity index (χ0) is 17.4. The van der Waals surface area contributed by atoms with Gasteiger partial charge in [-0.2, -0.15) is 0 Å². The summed E-state index contributed by atoms with van der Waals surface area (Å²) in [6.45, 7) is 2.18. The van der Waals surface area contributed by atoms with Crippen molar-refractivity contribution in [2.45, 2.75) is 38.3 Å². The molecule has 136 valence electrons. The van der Waals surface area contributed by atoms with E-state index in [9.17, 15) is 10.1 Å². The van der Waals surface area contributed by atoms with E-state index in [0.29, 0.717) is 0 Å². The van der Waals surface area contributed by atoms with Gasteiger partial charge in [0, 0.05) is 40.8 Å². The van der Waals surface area contributed by atoms with Crippen LogP contribution in [0.3, 0.4) is 0 Å². The first-order valence-corrected chi connectivity index (χ1v) is 8.73. The highest BCUT2D eigenvalue weighted by Crippen LogP contribution is 2.37. The van der Waals surface area contributed by atoms with Crippen LogP contribution in [0, 0.1) is 10.1 Å². The summed E-state index contributed by atoms with van der Waals surface area (Å²) < 4.78 is 0. The maximum absolute atomic E-state index is 11.1. The van der Waals surface area contributed by atoms with Gasteiger partial charge >= 0.3 is 0 Å². The topological polar surface area (TPSA) is 71.0 Å². The number of hydrogen-bond donors (Lipinski definition) is 2. The Kier molecular flexibility index (Phi) is 5.30. The molecular weight excluding hydrogens is 350 g/mol. The van der Waals surface area contributed by atoms with Crippen molar-refractivity contribution >= 4 is 29.0 Å². The highest BCUT2D eigenvalue weighted by molar-refractivity contribution is 5.87. The second kappa shape index (κ2) is 7.48. The Labute approximate surface area is 158 Å². The normalized spacial score (nSPS) is 17.3. The minimum Gasteiger partial charge on any atom is -0.357 e. The summed E-state index contributed by atoms with van der Waals surface area (Å²) >= 11 is 0. The minimum atomic E-state index is -0.325. The predicted octanol–water partition coefficient (Wildman–Crippen LogP) is 5.23. The van der Waals surface area contributed by atoms with Gasteiger partial charge < -0.3 is 10.3 Å². The summed E-state index contributed by atoms with van der Waals surface area (Å²) in [6.07, 6.45) is 3.12. The number of aromatic nitrogens is 1. The average Bonchev–Trinajstić information content (AvgIpc) is 3.01. The molecule has 2 N–H and O–H groups in total. The van der Waals surface area contributed by atoms with E-state index in [0.717, 1.165) is 30.2 Å². The Morgan fingerprint density at radius 1 is 1.23 bits per heavy atom. The van der Waals surface area contributed by atoms with Crippen LogP contribution in [0.15, 0.2) is 48.5 Å². The van der Waals surface area contributed by atoms with E-state index in [1.165, 1.54) is 16.8 Å². The van der Waals surface area contributed by atoms with Gasteiger partial charge in [-0.25, -0.2) is 0 Å². The number of benzene rings is 2. The predicted molar refractivity (Wildman–Crippen MR) is 106 cm³/mol. The zero-order valence-corrected chi connectivity index (χ0v) is 15.4. The number of non-ortho nitro benzene ring substituents is 1. The third-order valence-electron chi connectivity index (χ3n) is 5.15. The Bertz CT molecular complexity index is 923. The number of rotatable bonds is 4. The molecule has 2 atom stereocenters.